The van der Waals surface area contributed by atoms with Crippen molar-refractivity contribution in [1.82, 2.24) is 5.32 Å². The van der Waals surface area contributed by atoms with Gasteiger partial charge >= 0.3 is 6.61 Å². The third-order valence-corrected chi connectivity index (χ3v) is 3.67. The number of benzene rings is 2. The van der Waals surface area contributed by atoms with Crippen LogP contribution in [0.4, 0.5) is 13.2 Å². The lowest BCUT2D eigenvalue weighted by Crippen LogP contribution is -2.14. The van der Waals surface area contributed by atoms with E-state index in [0.717, 1.165) is 11.1 Å². The summed E-state index contributed by atoms with van der Waals surface area (Å²) in [6, 6.07) is 8.17. The van der Waals surface area contributed by atoms with Crippen LogP contribution in [0.3, 0.4) is 0 Å². The van der Waals surface area contributed by atoms with Crippen LogP contribution in [0.25, 0.3) is 0 Å². The quantitative estimate of drug-likeness (QED) is 0.806. The molecule has 0 saturated carbocycles. The van der Waals surface area contributed by atoms with E-state index in [0.29, 0.717) is 24.2 Å². The fourth-order valence-corrected chi connectivity index (χ4v) is 2.63. The Morgan fingerprint density at radius 1 is 1.04 bits per heavy atom. The molecule has 2 aromatic carbocycles. The van der Waals surface area contributed by atoms with E-state index in [9.17, 15) is 13.2 Å². The molecule has 3 nitrogen and oxygen atoms in total. The average Bonchev–Trinajstić information content (AvgIpc) is 2.52. The summed E-state index contributed by atoms with van der Waals surface area (Å²) in [7, 11) is 0. The van der Waals surface area contributed by atoms with Gasteiger partial charge in [0.2, 0.25) is 0 Å². The summed E-state index contributed by atoms with van der Waals surface area (Å²) in [6.45, 7) is 1.29. The number of aliphatic hydroxyl groups excluding tert-OH is 1. The first-order valence-corrected chi connectivity index (χ1v) is 7.54. The maximum absolute atomic E-state index is 13.3. The van der Waals surface area contributed by atoms with Crippen molar-refractivity contribution in [3.63, 3.8) is 0 Å². The highest BCUT2D eigenvalue weighted by atomic mass is 19.3. The number of nitrogens with one attached hydrogen (secondary N) is 1. The summed E-state index contributed by atoms with van der Waals surface area (Å²) in [6.07, 6.45) is 0. The fraction of sp³-hybridized carbons (Fsp3) is 0.333. The first kappa shape index (κ1) is 18.3. The lowest BCUT2D eigenvalue weighted by atomic mass is 10.1. The Bertz CT molecular complexity index is 682. The third-order valence-electron chi connectivity index (χ3n) is 3.67. The van der Waals surface area contributed by atoms with Crippen LogP contribution < -0.4 is 10.1 Å². The molecule has 0 aliphatic heterocycles. The zero-order valence-corrected chi connectivity index (χ0v) is 13.6. The molecule has 0 spiro atoms. The molecular weight excluding hydrogens is 319 g/mol. The minimum absolute atomic E-state index is 0.208. The van der Waals surface area contributed by atoms with Gasteiger partial charge in [0, 0.05) is 18.7 Å². The van der Waals surface area contributed by atoms with Gasteiger partial charge < -0.3 is 15.2 Å². The predicted molar refractivity (Wildman–Crippen MR) is 85.4 cm³/mol. The molecule has 130 valence electrons. The van der Waals surface area contributed by atoms with E-state index in [1.807, 2.05) is 0 Å². The van der Waals surface area contributed by atoms with Crippen molar-refractivity contribution in [3.05, 3.63) is 64.0 Å². The molecule has 0 aliphatic rings. The molecule has 0 heterocycles. The highest BCUT2D eigenvalue weighted by molar-refractivity contribution is 5.43. The molecule has 0 unspecified atom stereocenters. The summed E-state index contributed by atoms with van der Waals surface area (Å²) < 4.78 is 42.6. The van der Waals surface area contributed by atoms with E-state index >= 15 is 0 Å². The molecule has 0 fully saturated rings. The van der Waals surface area contributed by atoms with Gasteiger partial charge in [0.15, 0.2) is 0 Å². The zero-order valence-electron chi connectivity index (χ0n) is 13.6. The van der Waals surface area contributed by atoms with Crippen LogP contribution in [0.1, 0.15) is 27.8 Å². The van der Waals surface area contributed by atoms with E-state index in [1.165, 1.54) is 6.07 Å². The van der Waals surface area contributed by atoms with Crippen LogP contribution >= 0.6 is 0 Å². The summed E-state index contributed by atoms with van der Waals surface area (Å²) >= 11 is 0. The van der Waals surface area contributed by atoms with Gasteiger partial charge in [-0.25, -0.2) is 4.39 Å². The van der Waals surface area contributed by atoms with Gasteiger partial charge in [-0.05, 0) is 48.2 Å². The normalized spacial score (nSPS) is 11.1. The van der Waals surface area contributed by atoms with Crippen molar-refractivity contribution < 1.29 is 23.0 Å². The largest absolute Gasteiger partial charge is 0.434 e. The second kappa shape index (κ2) is 8.17. The topological polar surface area (TPSA) is 41.5 Å². The van der Waals surface area contributed by atoms with Crippen LogP contribution in [0.15, 0.2) is 30.3 Å². The van der Waals surface area contributed by atoms with Gasteiger partial charge in [-0.2, -0.15) is 8.78 Å². The molecule has 0 aromatic heterocycles. The molecule has 0 aliphatic carbocycles. The first-order valence-electron chi connectivity index (χ1n) is 7.54. The first-order chi connectivity index (χ1) is 11.4. The highest BCUT2D eigenvalue weighted by Gasteiger charge is 2.11. The number of rotatable bonds is 7. The third kappa shape index (κ3) is 4.72. The molecule has 0 bridgehead atoms. The molecule has 0 amide bonds. The van der Waals surface area contributed by atoms with Crippen molar-refractivity contribution in [1.29, 1.82) is 0 Å². The van der Waals surface area contributed by atoms with Crippen molar-refractivity contribution in [2.24, 2.45) is 0 Å². The van der Waals surface area contributed by atoms with Crippen LogP contribution in [-0.4, -0.2) is 11.7 Å². The van der Waals surface area contributed by atoms with Crippen LogP contribution in [-0.2, 0) is 19.7 Å². The second-order valence-electron chi connectivity index (χ2n) is 5.62. The van der Waals surface area contributed by atoms with Gasteiger partial charge in [-0.3, -0.25) is 0 Å². The number of hydrogen-bond donors (Lipinski definition) is 2. The molecule has 2 rings (SSSR count). The maximum Gasteiger partial charge on any atom is 0.387 e. The van der Waals surface area contributed by atoms with Gasteiger partial charge in [0.1, 0.15) is 11.6 Å². The van der Waals surface area contributed by atoms with Crippen molar-refractivity contribution in [2.75, 3.05) is 0 Å². The van der Waals surface area contributed by atoms with Crippen LogP contribution in [0.5, 0.6) is 5.75 Å². The smallest absolute Gasteiger partial charge is 0.387 e. The van der Waals surface area contributed by atoms with E-state index in [2.05, 4.69) is 10.1 Å². The summed E-state index contributed by atoms with van der Waals surface area (Å²) in [5.41, 5.74) is 3.35. The second-order valence-corrected chi connectivity index (χ2v) is 5.62. The van der Waals surface area contributed by atoms with E-state index in [1.54, 1.807) is 38.1 Å². The number of hydrogen-bond acceptors (Lipinski definition) is 3. The Balaban J connectivity index is 2.00. The van der Waals surface area contributed by atoms with Crippen LogP contribution in [0.2, 0.25) is 0 Å². The van der Waals surface area contributed by atoms with Gasteiger partial charge in [-0.15, -0.1) is 0 Å². The summed E-state index contributed by atoms with van der Waals surface area (Å²) in [4.78, 5) is 0. The van der Waals surface area contributed by atoms with E-state index < -0.39 is 12.4 Å². The van der Waals surface area contributed by atoms with Crippen molar-refractivity contribution in [2.45, 2.75) is 40.2 Å². The van der Waals surface area contributed by atoms with E-state index in [-0.39, 0.29) is 17.9 Å². The lowest BCUT2D eigenvalue weighted by molar-refractivity contribution is -0.0507. The monoisotopic (exact) mass is 339 g/mol. The van der Waals surface area contributed by atoms with Crippen LogP contribution in [0, 0.1) is 19.7 Å². The molecule has 0 atom stereocenters. The Morgan fingerprint density at radius 2 is 1.67 bits per heavy atom. The van der Waals surface area contributed by atoms with E-state index in [4.69, 9.17) is 5.11 Å². The summed E-state index contributed by atoms with van der Waals surface area (Å²) in [5, 5.41) is 12.3. The van der Waals surface area contributed by atoms with Gasteiger partial charge in [0.05, 0.1) is 6.61 Å². The Morgan fingerprint density at radius 3 is 2.25 bits per heavy atom. The van der Waals surface area contributed by atoms with Crippen molar-refractivity contribution in [3.8, 4) is 5.75 Å². The highest BCUT2D eigenvalue weighted by Crippen LogP contribution is 2.26. The Hall–Kier alpha value is -2.05. The molecule has 0 saturated heterocycles. The number of alkyl halides is 2. The summed E-state index contributed by atoms with van der Waals surface area (Å²) in [5.74, 6) is -0.220. The maximum atomic E-state index is 13.3. The van der Waals surface area contributed by atoms with Gasteiger partial charge in [-0.1, -0.05) is 18.2 Å². The molecule has 24 heavy (non-hydrogen) atoms. The number of aryl methyl sites for hydroxylation is 2. The minimum atomic E-state index is -2.84. The number of ether oxygens (including phenoxy) is 1. The molecular formula is C18H20F3NO2. The van der Waals surface area contributed by atoms with Gasteiger partial charge in [0.25, 0.3) is 0 Å². The Kier molecular flexibility index (Phi) is 6.23. The lowest BCUT2D eigenvalue weighted by Gasteiger charge is -2.14. The average molecular weight is 339 g/mol. The standard InChI is InChI=1S/C18H20F3NO2/c1-11-5-14(6-12(2)17(11)24-18(20)21)9-22-8-13-3-4-16(19)15(7-13)10-23/h3-7,18,22-23H,8-10H2,1-2H3. The molecule has 2 aromatic rings. The number of halogens is 3. The zero-order chi connectivity index (χ0) is 17.7. The SMILES string of the molecule is Cc1cc(CNCc2ccc(F)c(CO)c2)cc(C)c1OC(F)F. The fourth-order valence-electron chi connectivity index (χ4n) is 2.63. The number of aliphatic hydroxyl groups is 1. The molecule has 6 heteroatoms. The molecule has 0 radical (unpaired) electrons. The Labute approximate surface area is 139 Å². The minimum Gasteiger partial charge on any atom is -0.434 e. The van der Waals surface area contributed by atoms with Crippen molar-refractivity contribution >= 4 is 0 Å². The predicted octanol–water partition coefficient (Wildman–Crippen LogP) is 3.83. The molecule has 2 N–H and O–H groups in total.